The molecule has 0 bridgehead atoms. The van der Waals surface area contributed by atoms with Crippen LogP contribution in [0.1, 0.15) is 25.1 Å². The fourth-order valence-corrected chi connectivity index (χ4v) is 3.43. The molecule has 0 saturated carbocycles. The van der Waals surface area contributed by atoms with Crippen molar-refractivity contribution in [2.45, 2.75) is 27.3 Å². The Morgan fingerprint density at radius 1 is 1.40 bits per heavy atom. The molecule has 5 heteroatoms. The lowest BCUT2D eigenvalue weighted by Gasteiger charge is -2.30. The molecule has 1 aromatic rings. The Hall–Kier alpha value is -0.940. The van der Waals surface area contributed by atoms with Gasteiger partial charge in [0.2, 0.25) is 0 Å². The number of aryl methyl sites for hydroxylation is 1. The van der Waals surface area contributed by atoms with Crippen LogP contribution in [0, 0.1) is 12.8 Å². The number of anilines is 1. The molecule has 2 rings (SSSR count). The Balaban J connectivity index is 2.09. The van der Waals surface area contributed by atoms with Crippen LogP contribution in [0.2, 0.25) is 0 Å². The zero-order valence-corrected chi connectivity index (χ0v) is 13.5. The van der Waals surface area contributed by atoms with Gasteiger partial charge in [0.05, 0.1) is 0 Å². The molecule has 1 fully saturated rings. The average molecular weight is 295 g/mol. The van der Waals surface area contributed by atoms with Crippen molar-refractivity contribution in [2.24, 2.45) is 5.92 Å². The van der Waals surface area contributed by atoms with Crippen LogP contribution in [0.3, 0.4) is 0 Å². The van der Waals surface area contributed by atoms with E-state index in [9.17, 15) is 4.21 Å². The van der Waals surface area contributed by atoms with Crippen molar-refractivity contribution in [1.29, 1.82) is 0 Å². The molecule has 0 unspecified atom stereocenters. The minimum Gasteiger partial charge on any atom is -0.369 e. The van der Waals surface area contributed by atoms with Gasteiger partial charge in [0.25, 0.3) is 0 Å². The molecule has 4 nitrogen and oxygen atoms in total. The van der Waals surface area contributed by atoms with Gasteiger partial charge in [-0.05, 0) is 25.5 Å². The molecule has 0 atom stereocenters. The van der Waals surface area contributed by atoms with Gasteiger partial charge in [0.1, 0.15) is 0 Å². The monoisotopic (exact) mass is 295 g/mol. The van der Waals surface area contributed by atoms with E-state index in [4.69, 9.17) is 0 Å². The molecule has 1 N–H and O–H groups in total. The predicted octanol–water partition coefficient (Wildman–Crippen LogP) is 1.70. The van der Waals surface area contributed by atoms with Crippen LogP contribution in [0.15, 0.2) is 12.3 Å². The summed E-state index contributed by atoms with van der Waals surface area (Å²) in [5, 5.41) is 3.48. The average Bonchev–Trinajstić information content (AvgIpc) is 2.41. The molecule has 0 spiro atoms. The first-order valence-corrected chi connectivity index (χ1v) is 8.81. The first-order valence-electron chi connectivity index (χ1n) is 7.32. The third-order valence-corrected chi connectivity index (χ3v) is 4.76. The quantitative estimate of drug-likeness (QED) is 0.898. The minimum absolute atomic E-state index is 0.631. The van der Waals surface area contributed by atoms with E-state index in [1.54, 1.807) is 0 Å². The molecule has 0 radical (unpaired) electrons. The highest BCUT2D eigenvalue weighted by Gasteiger charge is 2.18. The molecule has 112 valence electrons. The highest BCUT2D eigenvalue weighted by atomic mass is 32.2. The summed E-state index contributed by atoms with van der Waals surface area (Å²) >= 11 is 0. The first kappa shape index (κ1) is 15.4. The maximum atomic E-state index is 11.5. The summed E-state index contributed by atoms with van der Waals surface area (Å²) in [5.74, 6) is 2.20. The third-order valence-electron chi connectivity index (χ3n) is 3.49. The zero-order chi connectivity index (χ0) is 14.5. The lowest BCUT2D eigenvalue weighted by atomic mass is 10.1. The summed E-state index contributed by atoms with van der Waals surface area (Å²) in [6, 6.07) is 2.15. The van der Waals surface area contributed by atoms with Crippen LogP contribution in [-0.2, 0) is 17.3 Å². The van der Waals surface area contributed by atoms with Gasteiger partial charge in [-0.1, -0.05) is 13.8 Å². The lowest BCUT2D eigenvalue weighted by Crippen LogP contribution is -2.38. The molecule has 0 aliphatic carbocycles. The van der Waals surface area contributed by atoms with Gasteiger partial charge < -0.3 is 10.2 Å². The maximum Gasteiger partial charge on any atom is 0.0446 e. The summed E-state index contributed by atoms with van der Waals surface area (Å²) in [5.41, 5.74) is 3.54. The normalized spacial score (nSPS) is 16.9. The van der Waals surface area contributed by atoms with Crippen molar-refractivity contribution in [3.8, 4) is 0 Å². The van der Waals surface area contributed by atoms with Gasteiger partial charge in [0.15, 0.2) is 0 Å². The SMILES string of the molecule is Cc1cc(N2CCS(=O)CC2)c(CNCC(C)C)cn1. The Labute approximate surface area is 124 Å². The van der Waals surface area contributed by atoms with E-state index in [1.807, 2.05) is 13.1 Å². The predicted molar refractivity (Wildman–Crippen MR) is 85.6 cm³/mol. The topological polar surface area (TPSA) is 45.2 Å². The van der Waals surface area contributed by atoms with Crippen molar-refractivity contribution >= 4 is 16.5 Å². The van der Waals surface area contributed by atoms with Crippen LogP contribution in [0.25, 0.3) is 0 Å². The van der Waals surface area contributed by atoms with Crippen LogP contribution in [0.5, 0.6) is 0 Å². The fourth-order valence-electron chi connectivity index (χ4n) is 2.38. The smallest absolute Gasteiger partial charge is 0.0446 e. The molecular weight excluding hydrogens is 270 g/mol. The molecule has 2 heterocycles. The highest BCUT2D eigenvalue weighted by molar-refractivity contribution is 7.85. The Morgan fingerprint density at radius 2 is 2.10 bits per heavy atom. The standard InChI is InChI=1S/C15H25N3OS/c1-12(2)9-16-10-14-11-17-13(3)8-15(14)18-4-6-20(19)7-5-18/h8,11-12,16H,4-7,9-10H2,1-3H3. The number of nitrogens with zero attached hydrogens (tertiary/aromatic N) is 2. The van der Waals surface area contributed by atoms with E-state index in [-0.39, 0.29) is 0 Å². The molecule has 20 heavy (non-hydrogen) atoms. The van der Waals surface area contributed by atoms with Crippen molar-refractivity contribution in [3.05, 3.63) is 23.5 Å². The van der Waals surface area contributed by atoms with Gasteiger partial charge in [-0.15, -0.1) is 0 Å². The van der Waals surface area contributed by atoms with Crippen LogP contribution in [-0.4, -0.2) is 40.3 Å². The van der Waals surface area contributed by atoms with Crippen molar-refractivity contribution < 1.29 is 4.21 Å². The molecule has 1 aromatic heterocycles. The van der Waals surface area contributed by atoms with Crippen molar-refractivity contribution in [2.75, 3.05) is 36.0 Å². The minimum atomic E-state index is -0.631. The Morgan fingerprint density at radius 3 is 2.75 bits per heavy atom. The molecule has 0 amide bonds. The van der Waals surface area contributed by atoms with E-state index in [0.717, 1.165) is 43.4 Å². The summed E-state index contributed by atoms with van der Waals surface area (Å²) < 4.78 is 11.5. The second-order valence-electron chi connectivity index (χ2n) is 5.81. The second kappa shape index (κ2) is 7.18. The molecule has 1 aliphatic rings. The lowest BCUT2D eigenvalue weighted by molar-refractivity contribution is 0.551. The molecule has 1 saturated heterocycles. The first-order chi connectivity index (χ1) is 9.56. The van der Waals surface area contributed by atoms with E-state index in [1.165, 1.54) is 11.3 Å². The number of rotatable bonds is 5. The van der Waals surface area contributed by atoms with Crippen molar-refractivity contribution in [3.63, 3.8) is 0 Å². The molecule has 0 aromatic carbocycles. The Bertz CT molecular complexity index is 466. The van der Waals surface area contributed by atoms with Gasteiger partial charge in [-0.2, -0.15) is 0 Å². The summed E-state index contributed by atoms with van der Waals surface area (Å²) in [6.07, 6.45) is 1.98. The number of nitrogens with one attached hydrogen (secondary N) is 1. The highest BCUT2D eigenvalue weighted by Crippen LogP contribution is 2.22. The van der Waals surface area contributed by atoms with Gasteiger partial charge in [-0.3, -0.25) is 9.19 Å². The largest absolute Gasteiger partial charge is 0.369 e. The number of pyridine rings is 1. The van der Waals surface area contributed by atoms with Crippen LogP contribution >= 0.6 is 0 Å². The van der Waals surface area contributed by atoms with E-state index in [2.05, 4.69) is 35.1 Å². The fraction of sp³-hybridized carbons (Fsp3) is 0.667. The van der Waals surface area contributed by atoms with E-state index in [0.29, 0.717) is 5.92 Å². The van der Waals surface area contributed by atoms with Gasteiger partial charge in [-0.25, -0.2) is 0 Å². The Kier molecular flexibility index (Phi) is 5.54. The van der Waals surface area contributed by atoms with Gasteiger partial charge in [0, 0.05) is 65.1 Å². The van der Waals surface area contributed by atoms with E-state index < -0.39 is 10.8 Å². The third kappa shape index (κ3) is 4.28. The number of hydrogen-bond donors (Lipinski definition) is 1. The molecular formula is C15H25N3OS. The summed E-state index contributed by atoms with van der Waals surface area (Å²) in [4.78, 5) is 6.77. The number of hydrogen-bond acceptors (Lipinski definition) is 4. The van der Waals surface area contributed by atoms with E-state index >= 15 is 0 Å². The van der Waals surface area contributed by atoms with Crippen molar-refractivity contribution in [1.82, 2.24) is 10.3 Å². The summed E-state index contributed by atoms with van der Waals surface area (Å²) in [6.45, 7) is 10.1. The molecule has 1 aliphatic heterocycles. The zero-order valence-electron chi connectivity index (χ0n) is 12.7. The summed E-state index contributed by atoms with van der Waals surface area (Å²) in [7, 11) is -0.631. The van der Waals surface area contributed by atoms with Crippen LogP contribution < -0.4 is 10.2 Å². The number of aromatic nitrogens is 1. The van der Waals surface area contributed by atoms with Crippen LogP contribution in [0.4, 0.5) is 5.69 Å². The second-order valence-corrected chi connectivity index (χ2v) is 7.51. The van der Waals surface area contributed by atoms with Gasteiger partial charge >= 0.3 is 0 Å². The maximum absolute atomic E-state index is 11.5.